The predicted molar refractivity (Wildman–Crippen MR) is 143 cm³/mol. The number of Topliss-reactive ketones (excluding diaryl/α,β-unsaturated/α-hetero) is 1. The van der Waals surface area contributed by atoms with Crippen LogP contribution in [0.25, 0.3) is 0 Å². The molecule has 2 atom stereocenters. The SMILES string of the molecule is CC(=O)N(C)C.CC(C)=O.CC=NC.CN(C)C(=O)N(C)C.COS(=O)N(C)C.COS(C)=O. The van der Waals surface area contributed by atoms with Gasteiger partial charge in [-0.25, -0.2) is 17.5 Å². The van der Waals surface area contributed by atoms with Crippen LogP contribution in [-0.4, -0.2) is 135 Å². The van der Waals surface area contributed by atoms with E-state index in [9.17, 15) is 22.8 Å². The zero-order chi connectivity index (χ0) is 29.0. The maximum absolute atomic E-state index is 10.7. The van der Waals surface area contributed by atoms with Crippen molar-refractivity contribution in [3.05, 3.63) is 0 Å². The molecule has 0 aromatic carbocycles. The van der Waals surface area contributed by atoms with Gasteiger partial charge in [-0.15, -0.1) is 0 Å². The van der Waals surface area contributed by atoms with E-state index in [1.54, 1.807) is 69.6 Å². The summed E-state index contributed by atoms with van der Waals surface area (Å²) in [6.07, 6.45) is 3.22. The standard InChI is InChI=1S/C5H12N2O.C4H9NO.C3H9NO2S.C3H7N.C3H6O.C2H6O2S/c1-6(2)5(8)7(3)4;1-4(6)5(2)3;1-4(2)7(5)6-3;1-3-4-2;1-3(2)4;1-4-5(2)3/h1-4H3;1-3H3;1-3H3;3H,1-2H3;1-2H3;1-2H3. The highest BCUT2D eigenvalue weighted by molar-refractivity contribution is 7.79. The van der Waals surface area contributed by atoms with Crippen LogP contribution in [0.1, 0.15) is 27.7 Å². The third kappa shape index (κ3) is 69.8. The Balaban J connectivity index is -0.0000000706. The second kappa shape index (κ2) is 33.4. The molecule has 3 amide bonds. The molecule has 34 heavy (non-hydrogen) atoms. The number of urea groups is 1. The zero-order valence-electron chi connectivity index (χ0n) is 24.0. The molecule has 0 aromatic heterocycles. The average molecular weight is 536 g/mol. The Morgan fingerprint density at radius 3 is 1.00 bits per heavy atom. The molecule has 14 heteroatoms. The number of rotatable bonds is 3. The predicted octanol–water partition coefficient (Wildman–Crippen LogP) is 1.33. The van der Waals surface area contributed by atoms with Crippen LogP contribution in [0.4, 0.5) is 4.79 Å². The van der Waals surface area contributed by atoms with Gasteiger partial charge in [-0.3, -0.25) is 13.2 Å². The van der Waals surface area contributed by atoms with Crippen molar-refractivity contribution in [3.63, 3.8) is 0 Å². The summed E-state index contributed by atoms with van der Waals surface area (Å²) < 4.78 is 30.1. The lowest BCUT2D eigenvalue weighted by molar-refractivity contribution is -0.126. The first-order valence-electron chi connectivity index (χ1n) is 9.72. The molecular weight excluding hydrogens is 486 g/mol. The first-order chi connectivity index (χ1) is 15.3. The van der Waals surface area contributed by atoms with Crippen LogP contribution in [0.15, 0.2) is 4.99 Å². The van der Waals surface area contributed by atoms with Crippen molar-refractivity contribution in [2.75, 3.05) is 83.9 Å². The van der Waals surface area contributed by atoms with Gasteiger partial charge in [0.25, 0.3) is 0 Å². The average Bonchev–Trinajstić information content (AvgIpc) is 2.73. The Labute approximate surface area is 213 Å². The van der Waals surface area contributed by atoms with Crippen LogP contribution >= 0.6 is 0 Å². The Hall–Kier alpha value is -1.74. The van der Waals surface area contributed by atoms with Crippen LogP contribution < -0.4 is 0 Å². The van der Waals surface area contributed by atoms with Gasteiger partial charge in [0.2, 0.25) is 17.2 Å². The van der Waals surface area contributed by atoms with Crippen molar-refractivity contribution < 1.29 is 31.2 Å². The van der Waals surface area contributed by atoms with Crippen LogP contribution in [-0.2, 0) is 40.3 Å². The molecule has 0 saturated heterocycles. The second-order valence-corrected chi connectivity index (χ2v) is 9.31. The van der Waals surface area contributed by atoms with Crippen molar-refractivity contribution in [1.29, 1.82) is 0 Å². The number of carbonyl (C=O) groups excluding carboxylic acids is 3. The summed E-state index contributed by atoms with van der Waals surface area (Å²) in [6.45, 7) is 6.47. The van der Waals surface area contributed by atoms with Gasteiger partial charge in [-0.05, 0) is 27.0 Å². The molecule has 0 aliphatic heterocycles. The smallest absolute Gasteiger partial charge is 0.318 e. The van der Waals surface area contributed by atoms with E-state index in [-0.39, 0.29) is 17.7 Å². The summed E-state index contributed by atoms with van der Waals surface area (Å²) in [5.74, 6) is 0.259. The topological polar surface area (TPSA) is 129 Å². The number of hydrogen-bond donors (Lipinski definition) is 0. The van der Waals surface area contributed by atoms with Crippen molar-refractivity contribution in [2.24, 2.45) is 4.99 Å². The van der Waals surface area contributed by atoms with Gasteiger partial charge in [0.15, 0.2) is 11.1 Å². The van der Waals surface area contributed by atoms with E-state index in [0.717, 1.165) is 0 Å². The minimum Gasteiger partial charge on any atom is -0.349 e. The molecule has 0 radical (unpaired) electrons. The first kappa shape index (κ1) is 45.7. The molecule has 208 valence electrons. The summed E-state index contributed by atoms with van der Waals surface area (Å²) in [6, 6.07) is 0.0185. The fraction of sp³-hybridized carbons (Fsp3) is 0.800. The summed E-state index contributed by atoms with van der Waals surface area (Å²) in [7, 11) is 18.3. The molecule has 0 bridgehead atoms. The van der Waals surface area contributed by atoms with E-state index >= 15 is 0 Å². The lowest BCUT2D eigenvalue weighted by atomic mass is 10.6. The highest BCUT2D eigenvalue weighted by atomic mass is 32.2. The molecule has 0 fully saturated rings. The fourth-order valence-electron chi connectivity index (χ4n) is 0.549. The normalized spacial score (nSPS) is 10.5. The van der Waals surface area contributed by atoms with Crippen molar-refractivity contribution in [1.82, 2.24) is 19.0 Å². The third-order valence-electron chi connectivity index (χ3n) is 2.33. The summed E-state index contributed by atoms with van der Waals surface area (Å²) in [5, 5.41) is 0. The highest BCUT2D eigenvalue weighted by Gasteiger charge is 2.02. The molecule has 0 spiro atoms. The number of aliphatic imine (C=N–C) groups is 1. The zero-order valence-corrected chi connectivity index (χ0v) is 25.6. The fourth-order valence-corrected chi connectivity index (χ4v) is 0.847. The monoisotopic (exact) mass is 535 g/mol. The Morgan fingerprint density at radius 2 is 1.00 bits per heavy atom. The highest BCUT2D eigenvalue weighted by Crippen LogP contribution is 1.83. The number of carbonyl (C=O) groups is 3. The number of amides is 3. The molecule has 0 N–H and O–H groups in total. The van der Waals surface area contributed by atoms with Gasteiger partial charge in [-0.1, -0.05) is 0 Å². The second-order valence-electron chi connectivity index (χ2n) is 6.67. The maximum Gasteiger partial charge on any atom is 0.318 e. The number of nitrogens with zero attached hydrogens (tertiary/aromatic N) is 5. The largest absolute Gasteiger partial charge is 0.349 e. The Bertz CT molecular complexity index is 554. The van der Waals surface area contributed by atoms with Gasteiger partial charge >= 0.3 is 6.03 Å². The van der Waals surface area contributed by atoms with Gasteiger partial charge in [0.1, 0.15) is 5.78 Å². The molecule has 0 aromatic rings. The lowest BCUT2D eigenvalue weighted by Gasteiger charge is -2.16. The Morgan fingerprint density at radius 1 is 0.765 bits per heavy atom. The van der Waals surface area contributed by atoms with Crippen LogP contribution in [0.3, 0.4) is 0 Å². The van der Waals surface area contributed by atoms with Crippen molar-refractivity contribution >= 4 is 46.3 Å². The lowest BCUT2D eigenvalue weighted by Crippen LogP contribution is -2.33. The minimum atomic E-state index is -1.25. The van der Waals surface area contributed by atoms with Gasteiger partial charge < -0.3 is 24.5 Å². The van der Waals surface area contributed by atoms with Gasteiger partial charge in [-0.2, -0.15) is 0 Å². The number of hydrogen-bond acceptors (Lipinski definition) is 8. The molecular formula is C20H49N5O7S2. The molecule has 12 nitrogen and oxygen atoms in total. The Kier molecular flexibility index (Phi) is 45.0. The first-order valence-corrected chi connectivity index (χ1v) is 12.2. The quantitative estimate of drug-likeness (QED) is 0.499. The molecule has 0 saturated carbocycles. The molecule has 0 aliphatic rings. The van der Waals surface area contributed by atoms with E-state index in [2.05, 4.69) is 13.4 Å². The molecule has 2 unspecified atom stereocenters. The van der Waals surface area contributed by atoms with E-state index in [4.69, 9.17) is 0 Å². The van der Waals surface area contributed by atoms with E-state index < -0.39 is 22.3 Å². The molecule has 0 rings (SSSR count). The molecule has 0 heterocycles. The minimum absolute atomic E-state index is 0.0185. The van der Waals surface area contributed by atoms with E-state index in [1.165, 1.54) is 60.3 Å². The van der Waals surface area contributed by atoms with Crippen molar-refractivity contribution in [3.8, 4) is 0 Å². The maximum atomic E-state index is 10.7. The van der Waals surface area contributed by atoms with Gasteiger partial charge in [0, 0.05) is 76.6 Å². The van der Waals surface area contributed by atoms with Gasteiger partial charge in [0.05, 0.1) is 14.2 Å². The van der Waals surface area contributed by atoms with Crippen LogP contribution in [0, 0.1) is 0 Å². The third-order valence-corrected chi connectivity index (χ3v) is 3.68. The van der Waals surface area contributed by atoms with Crippen LogP contribution in [0.5, 0.6) is 0 Å². The molecule has 0 aliphatic carbocycles. The summed E-state index contributed by atoms with van der Waals surface area (Å²) >= 11 is -2.32. The van der Waals surface area contributed by atoms with Crippen LogP contribution in [0.2, 0.25) is 0 Å². The van der Waals surface area contributed by atoms with Crippen molar-refractivity contribution in [2.45, 2.75) is 27.7 Å². The summed E-state index contributed by atoms with van der Waals surface area (Å²) in [5.41, 5.74) is 0. The van der Waals surface area contributed by atoms with E-state index in [1.807, 2.05) is 6.92 Å². The summed E-state index contributed by atoms with van der Waals surface area (Å²) in [4.78, 5) is 38.4. The van der Waals surface area contributed by atoms with E-state index in [0.29, 0.717) is 0 Å². The number of ketones is 1.